The second-order valence-electron chi connectivity index (χ2n) is 7.73. The Morgan fingerprint density at radius 2 is 1.88 bits per heavy atom. The van der Waals surface area contributed by atoms with Gasteiger partial charge in [0.15, 0.2) is 5.78 Å². The lowest BCUT2D eigenvalue weighted by Gasteiger charge is -2.27. The van der Waals surface area contributed by atoms with Gasteiger partial charge < -0.3 is 10.3 Å². The van der Waals surface area contributed by atoms with E-state index < -0.39 is 10.8 Å². The Bertz CT molecular complexity index is 1010. The summed E-state index contributed by atoms with van der Waals surface area (Å²) in [5.74, 6) is -0.0599. The number of aromatic nitrogens is 1. The molecule has 1 aliphatic carbocycles. The highest BCUT2D eigenvalue weighted by atomic mass is 32.2. The van der Waals surface area contributed by atoms with E-state index in [-0.39, 0.29) is 17.1 Å². The summed E-state index contributed by atoms with van der Waals surface area (Å²) in [6, 6.07) is 7.14. The Morgan fingerprint density at radius 3 is 2.62 bits per heavy atom. The quantitative estimate of drug-likeness (QED) is 0.798. The maximum Gasteiger partial charge on any atom is 0.256 e. The molecule has 2 aliphatic rings. The summed E-state index contributed by atoms with van der Waals surface area (Å²) < 4.78 is 11.8. The number of carbonyl (C=O) groups excluding carboxylic acids is 2. The van der Waals surface area contributed by atoms with E-state index in [9.17, 15) is 13.8 Å². The first-order valence-corrected chi connectivity index (χ1v) is 10.1. The number of hydrogen-bond acceptors (Lipinski definition) is 3. The SMILES string of the molecule is CS(=O)c1ccc2c(c1)C(=Cc1cc3c([nH]1)CC(C)(C)CC3=O)C(=O)N2. The van der Waals surface area contributed by atoms with Crippen LogP contribution in [0, 0.1) is 5.41 Å². The third-order valence-electron chi connectivity index (χ3n) is 4.92. The number of carbonyl (C=O) groups is 2. The Labute approximate surface area is 154 Å². The molecule has 2 N–H and O–H groups in total. The monoisotopic (exact) mass is 368 g/mol. The first-order valence-electron chi connectivity index (χ1n) is 8.49. The number of anilines is 1. The largest absolute Gasteiger partial charge is 0.358 e. The molecule has 2 aromatic rings. The fourth-order valence-corrected chi connectivity index (χ4v) is 4.25. The van der Waals surface area contributed by atoms with E-state index in [0.29, 0.717) is 22.6 Å². The lowest BCUT2D eigenvalue weighted by molar-refractivity contribution is -0.110. The summed E-state index contributed by atoms with van der Waals surface area (Å²) in [7, 11) is -1.12. The van der Waals surface area contributed by atoms with Crippen molar-refractivity contribution in [2.75, 3.05) is 11.6 Å². The van der Waals surface area contributed by atoms with Gasteiger partial charge in [-0.15, -0.1) is 0 Å². The first-order chi connectivity index (χ1) is 12.2. The molecule has 0 saturated carbocycles. The van der Waals surface area contributed by atoms with Gasteiger partial charge in [0.2, 0.25) is 0 Å². The summed E-state index contributed by atoms with van der Waals surface area (Å²) in [5, 5.41) is 2.83. The van der Waals surface area contributed by atoms with E-state index in [0.717, 1.165) is 28.9 Å². The van der Waals surface area contributed by atoms with Crippen LogP contribution in [0.25, 0.3) is 11.6 Å². The van der Waals surface area contributed by atoms with Gasteiger partial charge in [-0.25, -0.2) is 0 Å². The fourth-order valence-electron chi connectivity index (χ4n) is 3.70. The molecular weight excluding hydrogens is 348 g/mol. The molecule has 1 aromatic carbocycles. The third-order valence-corrected chi connectivity index (χ3v) is 5.84. The van der Waals surface area contributed by atoms with Crippen LogP contribution in [0.4, 0.5) is 5.69 Å². The highest BCUT2D eigenvalue weighted by molar-refractivity contribution is 7.84. The van der Waals surface area contributed by atoms with Crippen molar-refractivity contribution in [3.63, 3.8) is 0 Å². The van der Waals surface area contributed by atoms with Crippen molar-refractivity contribution < 1.29 is 13.8 Å². The number of benzene rings is 1. The van der Waals surface area contributed by atoms with Crippen molar-refractivity contribution in [1.29, 1.82) is 0 Å². The minimum atomic E-state index is -1.12. The van der Waals surface area contributed by atoms with E-state index in [1.54, 1.807) is 30.5 Å². The summed E-state index contributed by atoms with van der Waals surface area (Å²) >= 11 is 0. The molecule has 5 nitrogen and oxygen atoms in total. The van der Waals surface area contributed by atoms with Crippen LogP contribution < -0.4 is 5.32 Å². The van der Waals surface area contributed by atoms with Crippen molar-refractivity contribution in [3.8, 4) is 0 Å². The van der Waals surface area contributed by atoms with Crippen molar-refractivity contribution in [1.82, 2.24) is 4.98 Å². The molecule has 1 amide bonds. The predicted octanol–water partition coefficient (Wildman–Crippen LogP) is 3.40. The smallest absolute Gasteiger partial charge is 0.256 e. The molecule has 2 heterocycles. The highest BCUT2D eigenvalue weighted by Crippen LogP contribution is 2.37. The lowest BCUT2D eigenvalue weighted by atomic mass is 9.76. The summed E-state index contributed by atoms with van der Waals surface area (Å²) in [6.45, 7) is 4.17. The van der Waals surface area contributed by atoms with Gasteiger partial charge >= 0.3 is 0 Å². The molecule has 0 spiro atoms. The normalized spacial score (nSPS) is 20.7. The number of aromatic amines is 1. The molecule has 134 valence electrons. The zero-order valence-electron chi connectivity index (χ0n) is 14.9. The molecule has 1 aromatic heterocycles. The van der Waals surface area contributed by atoms with E-state index >= 15 is 0 Å². The number of hydrogen-bond donors (Lipinski definition) is 2. The van der Waals surface area contributed by atoms with Gasteiger partial charge in [0.25, 0.3) is 5.91 Å². The Hall–Kier alpha value is -2.47. The summed E-state index contributed by atoms with van der Waals surface area (Å²) in [4.78, 5) is 28.7. The molecule has 4 rings (SSSR count). The van der Waals surface area contributed by atoms with E-state index in [1.807, 2.05) is 6.07 Å². The molecule has 0 saturated heterocycles. The number of amides is 1. The topological polar surface area (TPSA) is 79.0 Å². The molecule has 6 heteroatoms. The predicted molar refractivity (Wildman–Crippen MR) is 103 cm³/mol. The molecule has 0 bridgehead atoms. The van der Waals surface area contributed by atoms with Crippen LogP contribution in [0.1, 0.15) is 47.6 Å². The zero-order chi connectivity index (χ0) is 18.6. The van der Waals surface area contributed by atoms with Crippen LogP contribution in [0.3, 0.4) is 0 Å². The number of ketones is 1. The highest BCUT2D eigenvalue weighted by Gasteiger charge is 2.32. The van der Waals surface area contributed by atoms with Crippen LogP contribution in [0.5, 0.6) is 0 Å². The Balaban J connectivity index is 1.77. The van der Waals surface area contributed by atoms with Gasteiger partial charge in [-0.1, -0.05) is 13.8 Å². The van der Waals surface area contributed by atoms with E-state index in [2.05, 4.69) is 24.1 Å². The Kier molecular flexibility index (Phi) is 3.77. The standard InChI is InChI=1S/C20H20N2O3S/c1-20(2)9-17-15(18(23)10-20)7-11(21-17)6-14-13-8-12(26(3)25)4-5-16(13)22-19(14)24/h4-8,21H,9-10H2,1-3H3,(H,22,24). The van der Waals surface area contributed by atoms with Crippen LogP contribution in [-0.4, -0.2) is 27.1 Å². The molecule has 26 heavy (non-hydrogen) atoms. The van der Waals surface area contributed by atoms with Gasteiger partial charge in [0.1, 0.15) is 0 Å². The number of nitrogens with one attached hydrogen (secondary N) is 2. The number of Topliss-reactive ketones (excluding diaryl/α,β-unsaturated/α-hetero) is 1. The van der Waals surface area contributed by atoms with Crippen molar-refractivity contribution in [2.24, 2.45) is 5.41 Å². The maximum atomic E-state index is 12.4. The minimum absolute atomic E-state index is 0.0588. The van der Waals surface area contributed by atoms with Crippen LogP contribution in [0.2, 0.25) is 0 Å². The van der Waals surface area contributed by atoms with Crippen molar-refractivity contribution >= 4 is 39.8 Å². The maximum absolute atomic E-state index is 12.4. The van der Waals surface area contributed by atoms with Gasteiger partial charge in [0.05, 0.1) is 5.57 Å². The molecule has 1 aliphatic heterocycles. The molecule has 0 radical (unpaired) electrons. The second-order valence-corrected chi connectivity index (χ2v) is 9.11. The molecular formula is C20H20N2O3S. The number of H-pyrrole nitrogens is 1. The van der Waals surface area contributed by atoms with Gasteiger partial charge in [-0.2, -0.15) is 0 Å². The second kappa shape index (κ2) is 5.77. The zero-order valence-corrected chi connectivity index (χ0v) is 15.8. The molecule has 0 fully saturated rings. The average Bonchev–Trinajstić information content (AvgIpc) is 3.07. The molecule has 1 unspecified atom stereocenters. The number of rotatable bonds is 2. The third kappa shape index (κ3) is 2.84. The van der Waals surface area contributed by atoms with Gasteiger partial charge in [-0.05, 0) is 42.2 Å². The Morgan fingerprint density at radius 1 is 1.12 bits per heavy atom. The summed E-state index contributed by atoms with van der Waals surface area (Å²) in [5.41, 5.74) is 4.29. The van der Waals surface area contributed by atoms with Crippen molar-refractivity contribution in [3.05, 3.63) is 46.8 Å². The molecule has 1 atom stereocenters. The average molecular weight is 368 g/mol. The van der Waals surface area contributed by atoms with E-state index in [4.69, 9.17) is 0 Å². The van der Waals surface area contributed by atoms with Gasteiger partial charge in [0, 0.05) is 56.6 Å². The first kappa shape index (κ1) is 17.0. The lowest BCUT2D eigenvalue weighted by Crippen LogP contribution is -2.26. The minimum Gasteiger partial charge on any atom is -0.358 e. The van der Waals surface area contributed by atoms with Crippen LogP contribution in [0.15, 0.2) is 29.2 Å². The van der Waals surface area contributed by atoms with E-state index in [1.165, 1.54) is 0 Å². The van der Waals surface area contributed by atoms with Gasteiger partial charge in [-0.3, -0.25) is 13.8 Å². The van der Waals surface area contributed by atoms with Crippen LogP contribution in [-0.2, 0) is 22.0 Å². The number of fused-ring (bicyclic) bond motifs is 2. The van der Waals surface area contributed by atoms with Crippen LogP contribution >= 0.6 is 0 Å². The summed E-state index contributed by atoms with van der Waals surface area (Å²) in [6.07, 6.45) is 4.71. The van der Waals surface area contributed by atoms with Crippen molar-refractivity contribution in [2.45, 2.75) is 31.6 Å². The fraction of sp³-hybridized carbons (Fsp3) is 0.300.